The molecule has 0 saturated carbocycles. The van der Waals surface area contributed by atoms with Crippen LogP contribution in [0.3, 0.4) is 0 Å². The zero-order chi connectivity index (χ0) is 28.0. The second-order valence-corrected chi connectivity index (χ2v) is 8.69. The lowest BCUT2D eigenvalue weighted by atomic mass is 9.86. The number of ether oxygens (including phenoxy) is 1. The van der Waals surface area contributed by atoms with E-state index in [0.717, 1.165) is 31.6 Å². The van der Waals surface area contributed by atoms with Crippen molar-refractivity contribution in [3.63, 3.8) is 0 Å². The van der Waals surface area contributed by atoms with Gasteiger partial charge in [0.15, 0.2) is 22.7 Å². The van der Waals surface area contributed by atoms with Crippen LogP contribution in [0, 0.1) is 0 Å². The molecule has 0 radical (unpaired) electrons. The van der Waals surface area contributed by atoms with Gasteiger partial charge in [0.25, 0.3) is 0 Å². The van der Waals surface area contributed by atoms with Gasteiger partial charge in [-0.15, -0.1) is 0 Å². The van der Waals surface area contributed by atoms with E-state index in [0.29, 0.717) is 0 Å². The largest absolute Gasteiger partial charge is 0.507 e. The molecule has 0 aliphatic carbocycles. The fourth-order valence-electron chi connectivity index (χ4n) is 4.49. The minimum Gasteiger partial charge on any atom is -0.507 e. The lowest BCUT2D eigenvalue weighted by Gasteiger charge is -2.20. The Bertz CT molecular complexity index is 1900. The van der Waals surface area contributed by atoms with Gasteiger partial charge in [-0.3, -0.25) is 14.4 Å². The number of rotatable bonds is 5. The van der Waals surface area contributed by atoms with Crippen molar-refractivity contribution >= 4 is 27.9 Å². The molecule has 2 heterocycles. The zero-order valence-electron chi connectivity index (χ0n) is 20.2. The van der Waals surface area contributed by atoms with Crippen molar-refractivity contribution in [2.45, 2.75) is 12.3 Å². The Morgan fingerprint density at radius 3 is 2.36 bits per heavy atom. The predicted molar refractivity (Wildman–Crippen MR) is 137 cm³/mol. The van der Waals surface area contributed by atoms with E-state index < -0.39 is 74.6 Å². The fourth-order valence-corrected chi connectivity index (χ4v) is 4.49. The maximum atomic E-state index is 13.5. The number of hydrogen-bond acceptors (Lipinski definition) is 11. The molecule has 11 nitrogen and oxygen atoms in total. The van der Waals surface area contributed by atoms with Crippen LogP contribution in [-0.2, 0) is 9.53 Å². The third-order valence-corrected chi connectivity index (χ3v) is 6.41. The molecule has 0 saturated heterocycles. The summed E-state index contributed by atoms with van der Waals surface area (Å²) < 4.78 is 16.3. The summed E-state index contributed by atoms with van der Waals surface area (Å²) in [6, 6.07) is 10.6. The van der Waals surface area contributed by atoms with Gasteiger partial charge in [0.1, 0.15) is 28.1 Å². The van der Waals surface area contributed by atoms with Crippen LogP contribution in [0.15, 0.2) is 73.2 Å². The van der Waals surface area contributed by atoms with E-state index in [-0.39, 0.29) is 27.7 Å². The first-order valence-electron chi connectivity index (χ1n) is 11.5. The Balaban J connectivity index is 1.88. The molecule has 0 amide bonds. The van der Waals surface area contributed by atoms with E-state index in [1.54, 1.807) is 18.2 Å². The van der Waals surface area contributed by atoms with Crippen LogP contribution in [0.1, 0.15) is 23.5 Å². The summed E-state index contributed by atoms with van der Waals surface area (Å²) in [5.41, 5.74) is -2.16. The second kappa shape index (κ2) is 9.45. The number of carbonyl (C=O) groups is 1. The van der Waals surface area contributed by atoms with Crippen molar-refractivity contribution in [2.75, 3.05) is 7.11 Å². The summed E-state index contributed by atoms with van der Waals surface area (Å²) in [6.45, 7) is 0. The number of fused-ring (bicyclic) bond motifs is 2. The van der Waals surface area contributed by atoms with E-state index in [9.17, 15) is 39.9 Å². The van der Waals surface area contributed by atoms with Crippen molar-refractivity contribution in [3.8, 4) is 40.1 Å². The maximum Gasteiger partial charge on any atom is 0.306 e. The maximum absolute atomic E-state index is 13.5. The Morgan fingerprint density at radius 2 is 1.64 bits per heavy atom. The van der Waals surface area contributed by atoms with E-state index in [2.05, 4.69) is 0 Å². The molecular weight excluding hydrogens is 512 g/mol. The molecule has 0 aliphatic rings. The predicted octanol–water partition coefficient (Wildman–Crippen LogP) is 3.79. The van der Waals surface area contributed by atoms with Crippen LogP contribution >= 0.6 is 0 Å². The smallest absolute Gasteiger partial charge is 0.306 e. The number of aromatic hydroxyl groups is 5. The fraction of sp³-hybridized carbons (Fsp3) is 0.107. The van der Waals surface area contributed by atoms with E-state index in [1.807, 2.05) is 0 Å². The molecule has 0 bridgehead atoms. The Morgan fingerprint density at radius 1 is 0.897 bits per heavy atom. The van der Waals surface area contributed by atoms with Crippen molar-refractivity contribution in [1.29, 1.82) is 0 Å². The first kappa shape index (κ1) is 25.2. The summed E-state index contributed by atoms with van der Waals surface area (Å²) in [5.74, 6) is -5.91. The van der Waals surface area contributed by atoms with Crippen LogP contribution in [0.4, 0.5) is 0 Å². The van der Waals surface area contributed by atoms with Gasteiger partial charge in [-0.05, 0) is 30.3 Å². The molecule has 3 aromatic carbocycles. The second-order valence-electron chi connectivity index (χ2n) is 8.69. The molecule has 5 rings (SSSR count). The first-order chi connectivity index (χ1) is 18.6. The van der Waals surface area contributed by atoms with Gasteiger partial charge >= 0.3 is 5.97 Å². The molecule has 39 heavy (non-hydrogen) atoms. The van der Waals surface area contributed by atoms with Crippen LogP contribution in [0.5, 0.6) is 28.7 Å². The Hall–Kier alpha value is -5.45. The first-order valence-corrected chi connectivity index (χ1v) is 11.5. The number of benzene rings is 3. The van der Waals surface area contributed by atoms with Crippen LogP contribution in [0.2, 0.25) is 0 Å². The molecule has 0 fully saturated rings. The Labute approximate surface area is 218 Å². The minimum absolute atomic E-state index is 0.0367. The molecule has 11 heteroatoms. The summed E-state index contributed by atoms with van der Waals surface area (Å²) in [5, 5.41) is 51.4. The number of methoxy groups -OCH3 is 1. The molecular formula is C28H20O11. The van der Waals surface area contributed by atoms with Gasteiger partial charge in [-0.2, -0.15) is 0 Å². The summed E-state index contributed by atoms with van der Waals surface area (Å²) in [7, 11) is 1.13. The molecule has 1 unspecified atom stereocenters. The lowest BCUT2D eigenvalue weighted by molar-refractivity contribution is -0.140. The average molecular weight is 532 g/mol. The van der Waals surface area contributed by atoms with Crippen molar-refractivity contribution in [1.82, 2.24) is 0 Å². The quantitative estimate of drug-likeness (QED) is 0.164. The highest BCUT2D eigenvalue weighted by atomic mass is 16.5. The molecule has 5 aromatic rings. The summed E-state index contributed by atoms with van der Waals surface area (Å²) >= 11 is 0. The highest BCUT2D eigenvalue weighted by Crippen LogP contribution is 2.44. The SMILES string of the molecule is COC(=O)CC(c1coc2ccccc2c1=O)c1c(O)cc(O)c2c(=O)c(O)c(-c3ccc(O)c(O)c3)oc12. The number of hydrogen-bond donors (Lipinski definition) is 5. The molecule has 2 aromatic heterocycles. The third-order valence-electron chi connectivity index (χ3n) is 6.41. The van der Waals surface area contributed by atoms with Gasteiger partial charge in [0, 0.05) is 28.7 Å². The number of para-hydroxylation sites is 1. The third kappa shape index (κ3) is 4.15. The monoisotopic (exact) mass is 532 g/mol. The molecule has 0 spiro atoms. The van der Waals surface area contributed by atoms with Gasteiger partial charge in [0.05, 0.1) is 25.2 Å². The normalized spacial score (nSPS) is 12.0. The zero-order valence-corrected chi connectivity index (χ0v) is 20.2. The number of phenolic OH excluding ortho intramolecular Hbond substituents is 4. The van der Waals surface area contributed by atoms with E-state index in [4.69, 9.17) is 13.6 Å². The van der Waals surface area contributed by atoms with Crippen molar-refractivity contribution in [3.05, 3.63) is 86.4 Å². The number of esters is 1. The van der Waals surface area contributed by atoms with E-state index >= 15 is 0 Å². The molecule has 198 valence electrons. The number of phenols is 4. The minimum atomic E-state index is -1.30. The van der Waals surface area contributed by atoms with Crippen molar-refractivity contribution in [2.24, 2.45) is 0 Å². The van der Waals surface area contributed by atoms with Gasteiger partial charge in [0.2, 0.25) is 11.2 Å². The van der Waals surface area contributed by atoms with Crippen LogP contribution in [0.25, 0.3) is 33.3 Å². The molecule has 1 atom stereocenters. The van der Waals surface area contributed by atoms with Crippen LogP contribution in [-0.4, -0.2) is 38.6 Å². The lowest BCUT2D eigenvalue weighted by Crippen LogP contribution is -2.19. The standard InChI is InChI=1S/C28H20O11/c1-37-21(33)9-14(15-11-38-20-5-3-2-4-13(20)24(15)34)22-18(31)10-19(32)23-25(35)26(36)27(39-28(22)23)12-6-7-16(29)17(30)8-12/h2-8,10-11,14,29-32,36H,9H2,1H3. The van der Waals surface area contributed by atoms with E-state index in [1.165, 1.54) is 12.1 Å². The van der Waals surface area contributed by atoms with Crippen LogP contribution < -0.4 is 10.9 Å². The highest BCUT2D eigenvalue weighted by Gasteiger charge is 2.32. The van der Waals surface area contributed by atoms with Gasteiger partial charge in [-0.1, -0.05) is 12.1 Å². The summed E-state index contributed by atoms with van der Waals surface area (Å²) in [4.78, 5) is 39.1. The molecule has 5 N–H and O–H groups in total. The highest BCUT2D eigenvalue weighted by molar-refractivity contribution is 5.92. The summed E-state index contributed by atoms with van der Waals surface area (Å²) in [6.07, 6.45) is 0.612. The van der Waals surface area contributed by atoms with Gasteiger partial charge in [-0.25, -0.2) is 0 Å². The van der Waals surface area contributed by atoms with Gasteiger partial charge < -0.3 is 39.1 Å². The van der Waals surface area contributed by atoms with Crippen molar-refractivity contribution < 1.29 is 43.9 Å². The Kier molecular flexibility index (Phi) is 6.11. The molecule has 0 aliphatic heterocycles. The number of carbonyl (C=O) groups excluding carboxylic acids is 1. The topological polar surface area (TPSA) is 188 Å². The average Bonchev–Trinajstić information content (AvgIpc) is 2.91.